The van der Waals surface area contributed by atoms with Crippen molar-refractivity contribution in [3.8, 4) is 22.8 Å². The first-order chi connectivity index (χ1) is 18.5. The molecular formula is C33H31N5. The third-order valence-corrected chi connectivity index (χ3v) is 6.40. The SMILES string of the molecule is CN(C)c1ccc(C(=Cc2cc(-c3ccccn3)nc(-c3ccccn3)c2)c2ccc(N(C)C)cc2)cc1. The summed E-state index contributed by atoms with van der Waals surface area (Å²) in [6, 6.07) is 33.3. The van der Waals surface area contributed by atoms with Crippen LogP contribution in [-0.4, -0.2) is 43.1 Å². The minimum Gasteiger partial charge on any atom is -0.378 e. The molecule has 0 saturated heterocycles. The highest BCUT2D eigenvalue weighted by Crippen LogP contribution is 2.31. The lowest BCUT2D eigenvalue weighted by atomic mass is 9.94. The normalized spacial score (nSPS) is 10.6. The van der Waals surface area contributed by atoms with Gasteiger partial charge in [-0.2, -0.15) is 0 Å². The van der Waals surface area contributed by atoms with Crippen molar-refractivity contribution in [2.24, 2.45) is 0 Å². The Morgan fingerprint density at radius 2 is 1.00 bits per heavy atom. The lowest BCUT2D eigenvalue weighted by Gasteiger charge is -2.16. The lowest BCUT2D eigenvalue weighted by molar-refractivity contribution is 1.13. The van der Waals surface area contributed by atoms with Crippen molar-refractivity contribution in [3.05, 3.63) is 126 Å². The van der Waals surface area contributed by atoms with Crippen LogP contribution in [0.3, 0.4) is 0 Å². The second-order valence-electron chi connectivity index (χ2n) is 9.54. The number of aromatic nitrogens is 3. The Bertz CT molecular complexity index is 1410. The Kier molecular flexibility index (Phi) is 7.27. The molecule has 5 aromatic rings. The fourth-order valence-electron chi connectivity index (χ4n) is 4.30. The summed E-state index contributed by atoms with van der Waals surface area (Å²) in [6.45, 7) is 0. The molecule has 5 heteroatoms. The molecule has 0 saturated carbocycles. The van der Waals surface area contributed by atoms with Crippen LogP contribution in [0.15, 0.2) is 109 Å². The molecule has 0 aliphatic rings. The number of hydrogen-bond donors (Lipinski definition) is 0. The van der Waals surface area contributed by atoms with Gasteiger partial charge in [0, 0.05) is 52.0 Å². The fourth-order valence-corrected chi connectivity index (χ4v) is 4.30. The largest absolute Gasteiger partial charge is 0.378 e. The third kappa shape index (κ3) is 5.62. The molecule has 3 heterocycles. The summed E-state index contributed by atoms with van der Waals surface area (Å²) < 4.78 is 0. The van der Waals surface area contributed by atoms with Gasteiger partial charge in [-0.05, 0) is 89.0 Å². The molecule has 188 valence electrons. The van der Waals surface area contributed by atoms with Gasteiger partial charge in [0.1, 0.15) is 0 Å². The lowest BCUT2D eigenvalue weighted by Crippen LogP contribution is -2.08. The van der Waals surface area contributed by atoms with E-state index >= 15 is 0 Å². The number of rotatable bonds is 7. The van der Waals surface area contributed by atoms with Crippen molar-refractivity contribution in [2.75, 3.05) is 38.0 Å². The summed E-state index contributed by atoms with van der Waals surface area (Å²) in [5.41, 5.74) is 10.0. The van der Waals surface area contributed by atoms with Gasteiger partial charge in [0.15, 0.2) is 0 Å². The number of hydrogen-bond acceptors (Lipinski definition) is 5. The highest BCUT2D eigenvalue weighted by molar-refractivity contribution is 5.92. The highest BCUT2D eigenvalue weighted by Gasteiger charge is 2.12. The first-order valence-corrected chi connectivity index (χ1v) is 12.6. The van der Waals surface area contributed by atoms with Gasteiger partial charge >= 0.3 is 0 Å². The van der Waals surface area contributed by atoms with Crippen molar-refractivity contribution in [1.82, 2.24) is 15.0 Å². The number of anilines is 2. The zero-order valence-electron chi connectivity index (χ0n) is 22.2. The van der Waals surface area contributed by atoms with E-state index in [9.17, 15) is 0 Å². The molecule has 0 fully saturated rings. The van der Waals surface area contributed by atoms with E-state index in [1.807, 2.05) is 36.4 Å². The Morgan fingerprint density at radius 3 is 1.37 bits per heavy atom. The van der Waals surface area contributed by atoms with Crippen LogP contribution < -0.4 is 9.80 Å². The minimum atomic E-state index is 0.810. The van der Waals surface area contributed by atoms with Gasteiger partial charge < -0.3 is 9.80 Å². The molecule has 3 aromatic heterocycles. The van der Waals surface area contributed by atoms with Gasteiger partial charge in [-0.3, -0.25) is 9.97 Å². The van der Waals surface area contributed by atoms with Crippen LogP contribution in [0.5, 0.6) is 0 Å². The Balaban J connectivity index is 1.68. The maximum absolute atomic E-state index is 4.92. The Morgan fingerprint density at radius 1 is 0.553 bits per heavy atom. The summed E-state index contributed by atoms with van der Waals surface area (Å²) >= 11 is 0. The van der Waals surface area contributed by atoms with E-state index in [0.717, 1.165) is 56.4 Å². The van der Waals surface area contributed by atoms with E-state index in [2.05, 4.69) is 115 Å². The van der Waals surface area contributed by atoms with Crippen LogP contribution in [0.2, 0.25) is 0 Å². The Labute approximate surface area is 224 Å². The summed E-state index contributed by atoms with van der Waals surface area (Å²) in [7, 11) is 8.23. The maximum Gasteiger partial charge on any atom is 0.0900 e. The molecule has 0 unspecified atom stereocenters. The smallest absolute Gasteiger partial charge is 0.0900 e. The van der Waals surface area contributed by atoms with Gasteiger partial charge in [-0.1, -0.05) is 36.4 Å². The summed E-state index contributed by atoms with van der Waals surface area (Å²) in [4.78, 5) is 18.3. The van der Waals surface area contributed by atoms with Crippen LogP contribution in [0, 0.1) is 0 Å². The number of pyridine rings is 3. The molecule has 0 spiro atoms. The predicted molar refractivity (Wildman–Crippen MR) is 159 cm³/mol. The summed E-state index contributed by atoms with van der Waals surface area (Å²) in [5.74, 6) is 0. The molecule has 0 aliphatic carbocycles. The molecule has 2 aromatic carbocycles. The quantitative estimate of drug-likeness (QED) is 0.244. The standard InChI is InChI=1S/C33H31N5/c1-37(2)27-15-11-25(12-16-27)29(26-13-17-28(18-14-26)38(3)4)21-24-22-32(30-9-5-7-19-34-30)36-33(23-24)31-10-6-8-20-35-31/h5-23H,1-4H3. The zero-order valence-corrected chi connectivity index (χ0v) is 22.2. The van der Waals surface area contributed by atoms with Gasteiger partial charge in [0.25, 0.3) is 0 Å². The first-order valence-electron chi connectivity index (χ1n) is 12.6. The van der Waals surface area contributed by atoms with E-state index < -0.39 is 0 Å². The average molecular weight is 498 g/mol. The van der Waals surface area contributed by atoms with Gasteiger partial charge in [-0.25, -0.2) is 4.98 Å². The molecule has 0 bridgehead atoms. The van der Waals surface area contributed by atoms with Gasteiger partial charge in [0.05, 0.1) is 22.8 Å². The molecule has 0 radical (unpaired) electrons. The van der Waals surface area contributed by atoms with Crippen molar-refractivity contribution in [2.45, 2.75) is 0 Å². The van der Waals surface area contributed by atoms with Crippen molar-refractivity contribution < 1.29 is 0 Å². The summed E-state index contributed by atoms with van der Waals surface area (Å²) in [6.07, 6.45) is 5.82. The summed E-state index contributed by atoms with van der Waals surface area (Å²) in [5, 5.41) is 0. The van der Waals surface area contributed by atoms with Gasteiger partial charge in [-0.15, -0.1) is 0 Å². The third-order valence-electron chi connectivity index (χ3n) is 6.40. The molecule has 38 heavy (non-hydrogen) atoms. The van der Waals surface area contributed by atoms with Crippen molar-refractivity contribution in [3.63, 3.8) is 0 Å². The Hall–Kier alpha value is -4.77. The van der Waals surface area contributed by atoms with E-state index in [4.69, 9.17) is 4.98 Å². The van der Waals surface area contributed by atoms with Gasteiger partial charge in [0.2, 0.25) is 0 Å². The van der Waals surface area contributed by atoms with Crippen molar-refractivity contribution >= 4 is 23.0 Å². The van der Waals surface area contributed by atoms with Crippen LogP contribution in [0.4, 0.5) is 11.4 Å². The van der Waals surface area contributed by atoms with Crippen LogP contribution in [-0.2, 0) is 0 Å². The first kappa shape index (κ1) is 24.9. The molecule has 0 aliphatic heterocycles. The zero-order chi connectivity index (χ0) is 26.5. The fraction of sp³-hybridized carbons (Fsp3) is 0.121. The average Bonchev–Trinajstić information content (AvgIpc) is 2.97. The van der Waals surface area contributed by atoms with Crippen molar-refractivity contribution in [1.29, 1.82) is 0 Å². The second-order valence-corrected chi connectivity index (χ2v) is 9.54. The molecule has 0 N–H and O–H groups in total. The monoisotopic (exact) mass is 497 g/mol. The van der Waals surface area contributed by atoms with E-state index in [1.165, 1.54) is 0 Å². The second kappa shape index (κ2) is 11.1. The van der Waals surface area contributed by atoms with E-state index in [0.29, 0.717) is 0 Å². The number of nitrogens with zero attached hydrogens (tertiary/aromatic N) is 5. The maximum atomic E-state index is 4.92. The van der Waals surface area contributed by atoms with Crippen LogP contribution in [0.25, 0.3) is 34.4 Å². The topological polar surface area (TPSA) is 45.2 Å². The molecule has 0 amide bonds. The van der Waals surface area contributed by atoms with E-state index in [-0.39, 0.29) is 0 Å². The van der Waals surface area contributed by atoms with Crippen LogP contribution in [0.1, 0.15) is 16.7 Å². The molecule has 0 atom stereocenters. The number of benzene rings is 2. The predicted octanol–water partition coefficient (Wildman–Crippen LogP) is 6.93. The minimum absolute atomic E-state index is 0.810. The molecule has 5 rings (SSSR count). The highest BCUT2D eigenvalue weighted by atomic mass is 15.1. The van der Waals surface area contributed by atoms with E-state index in [1.54, 1.807) is 12.4 Å². The molecule has 5 nitrogen and oxygen atoms in total. The molecular weight excluding hydrogens is 466 g/mol. The van der Waals surface area contributed by atoms with Crippen LogP contribution >= 0.6 is 0 Å².